The molecule has 1 aromatic rings. The summed E-state index contributed by atoms with van der Waals surface area (Å²) < 4.78 is 0. The first kappa shape index (κ1) is 14.4. The monoisotopic (exact) mass is 251 g/mol. The molecule has 1 aromatic heterocycles. The maximum atomic E-state index is 11.2. The fourth-order valence-electron chi connectivity index (χ4n) is 1.73. The highest BCUT2D eigenvalue weighted by Crippen LogP contribution is 2.13. The number of nitrogens with one attached hydrogen (secondary N) is 1. The molecule has 0 aliphatic carbocycles. The van der Waals surface area contributed by atoms with E-state index in [4.69, 9.17) is 0 Å². The van der Waals surface area contributed by atoms with Gasteiger partial charge in [0.25, 0.3) is 0 Å². The summed E-state index contributed by atoms with van der Waals surface area (Å²) in [6, 6.07) is 1.17. The highest BCUT2D eigenvalue weighted by molar-refractivity contribution is 5.76. The van der Waals surface area contributed by atoms with Crippen molar-refractivity contribution in [3.05, 3.63) is 17.6 Å². The van der Waals surface area contributed by atoms with Crippen molar-refractivity contribution in [2.24, 2.45) is 5.92 Å². The number of aliphatic carboxylic acids is 1. The van der Waals surface area contributed by atoms with Crippen LogP contribution in [0, 0.1) is 12.8 Å². The van der Waals surface area contributed by atoms with Gasteiger partial charge in [0.05, 0.1) is 0 Å². The highest BCUT2D eigenvalue weighted by atomic mass is 16.4. The predicted octanol–water partition coefficient (Wildman–Crippen LogP) is 2.26. The molecule has 1 heterocycles. The van der Waals surface area contributed by atoms with E-state index in [-0.39, 0.29) is 0 Å². The number of anilines is 1. The number of carbonyl (C=O) groups is 1. The Kier molecular flexibility index (Phi) is 5.07. The molecule has 5 heteroatoms. The minimum absolute atomic E-state index is 0.312. The van der Waals surface area contributed by atoms with Crippen molar-refractivity contribution in [2.75, 3.05) is 5.32 Å². The van der Waals surface area contributed by atoms with Gasteiger partial charge < -0.3 is 10.4 Å². The van der Waals surface area contributed by atoms with Gasteiger partial charge in [0.1, 0.15) is 17.7 Å². The summed E-state index contributed by atoms with van der Waals surface area (Å²) in [7, 11) is 0. The summed E-state index contributed by atoms with van der Waals surface area (Å²) in [5.41, 5.74) is 0.845. The summed E-state index contributed by atoms with van der Waals surface area (Å²) in [6.07, 6.45) is 1.30. The fourth-order valence-corrected chi connectivity index (χ4v) is 1.73. The molecule has 0 amide bonds. The predicted molar refractivity (Wildman–Crippen MR) is 70.6 cm³/mol. The van der Waals surface area contributed by atoms with Gasteiger partial charge in [0.15, 0.2) is 0 Å². The molecule has 0 radical (unpaired) electrons. The smallest absolute Gasteiger partial charge is 0.326 e. The molecule has 0 bridgehead atoms. The van der Waals surface area contributed by atoms with Gasteiger partial charge in [0.2, 0.25) is 0 Å². The Balaban J connectivity index is 2.86. The van der Waals surface area contributed by atoms with E-state index in [9.17, 15) is 9.90 Å². The third kappa shape index (κ3) is 4.31. The second kappa shape index (κ2) is 6.33. The van der Waals surface area contributed by atoms with Gasteiger partial charge in [-0.1, -0.05) is 20.8 Å². The molecule has 0 aliphatic rings. The first-order valence-electron chi connectivity index (χ1n) is 6.26. The van der Waals surface area contributed by atoms with E-state index in [0.29, 0.717) is 18.2 Å². The largest absolute Gasteiger partial charge is 0.480 e. The maximum absolute atomic E-state index is 11.2. The van der Waals surface area contributed by atoms with E-state index < -0.39 is 12.0 Å². The number of carboxylic acids is 1. The van der Waals surface area contributed by atoms with E-state index in [1.807, 2.05) is 27.7 Å². The third-order valence-corrected chi connectivity index (χ3v) is 2.54. The first-order valence-corrected chi connectivity index (χ1v) is 6.26. The number of hydrogen-bond acceptors (Lipinski definition) is 4. The second-order valence-corrected chi connectivity index (χ2v) is 4.83. The van der Waals surface area contributed by atoms with E-state index in [2.05, 4.69) is 15.3 Å². The molecule has 0 saturated carbocycles. The Bertz CT molecular complexity index is 419. The van der Waals surface area contributed by atoms with Crippen LogP contribution in [0.2, 0.25) is 0 Å². The number of hydrogen-bond donors (Lipinski definition) is 2. The molecule has 0 aromatic carbocycles. The summed E-state index contributed by atoms with van der Waals surface area (Å²) in [5, 5.41) is 12.1. The van der Waals surface area contributed by atoms with Crippen molar-refractivity contribution in [3.8, 4) is 0 Å². The van der Waals surface area contributed by atoms with Crippen molar-refractivity contribution in [2.45, 2.75) is 46.6 Å². The zero-order valence-corrected chi connectivity index (χ0v) is 11.4. The quantitative estimate of drug-likeness (QED) is 0.811. The number of carboxylic acid groups (broad SMARTS) is 1. The fraction of sp³-hybridized carbons (Fsp3) is 0.615. The topological polar surface area (TPSA) is 75.1 Å². The van der Waals surface area contributed by atoms with Crippen LogP contribution in [-0.2, 0) is 11.2 Å². The Morgan fingerprint density at radius 1 is 1.44 bits per heavy atom. The van der Waals surface area contributed by atoms with Crippen LogP contribution in [0.5, 0.6) is 0 Å². The number of aryl methyl sites for hydroxylation is 2. The molecule has 0 unspecified atom stereocenters. The lowest BCUT2D eigenvalue weighted by molar-refractivity contribution is -0.138. The minimum Gasteiger partial charge on any atom is -0.480 e. The van der Waals surface area contributed by atoms with E-state index in [0.717, 1.165) is 17.9 Å². The summed E-state index contributed by atoms with van der Waals surface area (Å²) in [6.45, 7) is 7.85. The lowest BCUT2D eigenvalue weighted by Gasteiger charge is -2.17. The van der Waals surface area contributed by atoms with Crippen LogP contribution in [0.3, 0.4) is 0 Å². The van der Waals surface area contributed by atoms with Gasteiger partial charge in [-0.2, -0.15) is 0 Å². The summed E-state index contributed by atoms with van der Waals surface area (Å²) in [4.78, 5) is 19.7. The average Bonchev–Trinajstić information content (AvgIpc) is 2.26. The van der Waals surface area contributed by atoms with Crippen LogP contribution in [0.1, 0.15) is 38.7 Å². The molecular weight excluding hydrogens is 230 g/mol. The van der Waals surface area contributed by atoms with Gasteiger partial charge in [-0.25, -0.2) is 14.8 Å². The lowest BCUT2D eigenvalue weighted by Crippen LogP contribution is -2.31. The van der Waals surface area contributed by atoms with Crippen molar-refractivity contribution in [3.63, 3.8) is 0 Å². The Morgan fingerprint density at radius 2 is 2.11 bits per heavy atom. The molecule has 2 N–H and O–H groups in total. The average molecular weight is 251 g/mol. The Labute approximate surface area is 108 Å². The van der Waals surface area contributed by atoms with Gasteiger partial charge >= 0.3 is 5.97 Å². The van der Waals surface area contributed by atoms with E-state index >= 15 is 0 Å². The zero-order valence-electron chi connectivity index (χ0n) is 11.4. The lowest BCUT2D eigenvalue weighted by atomic mass is 10.0. The molecule has 5 nitrogen and oxygen atoms in total. The van der Waals surface area contributed by atoms with Gasteiger partial charge in [-0.05, 0) is 19.3 Å². The van der Waals surface area contributed by atoms with Gasteiger partial charge in [-0.15, -0.1) is 0 Å². The molecule has 100 valence electrons. The first-order chi connectivity index (χ1) is 8.42. The number of aromatic nitrogens is 2. The standard InChI is InChI=1S/C13H21N3O2/c1-5-11-14-9(4)7-12(16-11)15-10(13(17)18)6-8(2)3/h7-8,10H,5-6H2,1-4H3,(H,17,18)(H,14,15,16)/t10-/m1/s1. The Morgan fingerprint density at radius 3 is 2.61 bits per heavy atom. The van der Waals surface area contributed by atoms with Crippen LogP contribution in [-0.4, -0.2) is 27.1 Å². The number of nitrogens with zero attached hydrogens (tertiary/aromatic N) is 2. The SMILES string of the molecule is CCc1nc(C)cc(N[C@H](CC(C)C)C(=O)O)n1. The Hall–Kier alpha value is -1.65. The minimum atomic E-state index is -0.849. The molecule has 0 fully saturated rings. The van der Waals surface area contributed by atoms with Crippen LogP contribution >= 0.6 is 0 Å². The van der Waals surface area contributed by atoms with Crippen LogP contribution in [0.15, 0.2) is 6.07 Å². The molecule has 0 spiro atoms. The van der Waals surface area contributed by atoms with Crippen LogP contribution in [0.4, 0.5) is 5.82 Å². The normalized spacial score (nSPS) is 12.5. The molecule has 0 saturated heterocycles. The zero-order chi connectivity index (χ0) is 13.7. The summed E-state index contributed by atoms with van der Waals surface area (Å²) >= 11 is 0. The third-order valence-electron chi connectivity index (χ3n) is 2.54. The highest BCUT2D eigenvalue weighted by Gasteiger charge is 2.19. The second-order valence-electron chi connectivity index (χ2n) is 4.83. The maximum Gasteiger partial charge on any atom is 0.326 e. The van der Waals surface area contributed by atoms with Gasteiger partial charge in [0, 0.05) is 18.2 Å². The molecular formula is C13H21N3O2. The molecule has 1 atom stereocenters. The van der Waals surface area contributed by atoms with Crippen molar-refractivity contribution in [1.82, 2.24) is 9.97 Å². The van der Waals surface area contributed by atoms with Crippen molar-refractivity contribution < 1.29 is 9.90 Å². The number of rotatable bonds is 6. The van der Waals surface area contributed by atoms with Crippen molar-refractivity contribution in [1.29, 1.82) is 0 Å². The van der Waals surface area contributed by atoms with E-state index in [1.165, 1.54) is 0 Å². The van der Waals surface area contributed by atoms with Crippen LogP contribution < -0.4 is 5.32 Å². The molecule has 18 heavy (non-hydrogen) atoms. The molecule has 1 rings (SSSR count). The van der Waals surface area contributed by atoms with E-state index in [1.54, 1.807) is 6.07 Å². The molecule has 0 aliphatic heterocycles. The van der Waals surface area contributed by atoms with Crippen molar-refractivity contribution >= 4 is 11.8 Å². The van der Waals surface area contributed by atoms with Gasteiger partial charge in [-0.3, -0.25) is 0 Å². The summed E-state index contributed by atoms with van der Waals surface area (Å²) in [5.74, 6) is 0.781. The van der Waals surface area contributed by atoms with Crippen LogP contribution in [0.25, 0.3) is 0 Å².